The van der Waals surface area contributed by atoms with Gasteiger partial charge in [0.25, 0.3) is 5.56 Å². The van der Waals surface area contributed by atoms with E-state index < -0.39 is 5.97 Å². The zero-order chi connectivity index (χ0) is 27.1. The molecule has 1 amide bonds. The monoisotopic (exact) mass is 547 g/mol. The smallest absolute Gasteiger partial charge is 0.338 e. The summed E-state index contributed by atoms with van der Waals surface area (Å²) in [5, 5.41) is 5.77. The van der Waals surface area contributed by atoms with E-state index in [-0.39, 0.29) is 23.8 Å². The molecule has 0 spiro atoms. The first-order valence-electron chi connectivity index (χ1n) is 12.3. The fraction of sp³-hybridized carbons (Fsp3) is 0.241. The van der Waals surface area contributed by atoms with Gasteiger partial charge in [-0.15, -0.1) is 17.9 Å². The molecular formula is C29H29N3O4S2. The van der Waals surface area contributed by atoms with Crippen molar-refractivity contribution >= 4 is 50.9 Å². The third-order valence-corrected chi connectivity index (χ3v) is 7.63. The number of nitrogens with zero attached hydrogens (tertiary/aromatic N) is 2. The molecular weight excluding hydrogens is 518 g/mol. The molecule has 0 aliphatic carbocycles. The van der Waals surface area contributed by atoms with Gasteiger partial charge in [-0.3, -0.25) is 14.2 Å². The van der Waals surface area contributed by atoms with Crippen LogP contribution in [0.3, 0.4) is 0 Å². The van der Waals surface area contributed by atoms with E-state index in [0.717, 1.165) is 29.5 Å². The van der Waals surface area contributed by atoms with Gasteiger partial charge in [-0.25, -0.2) is 9.78 Å². The number of unbranched alkanes of at least 4 members (excludes halogenated alkanes) is 1. The van der Waals surface area contributed by atoms with Crippen molar-refractivity contribution in [3.8, 4) is 11.1 Å². The summed E-state index contributed by atoms with van der Waals surface area (Å²) in [6, 6.07) is 14.7. The van der Waals surface area contributed by atoms with Crippen LogP contribution in [0.25, 0.3) is 21.3 Å². The number of aromatic nitrogens is 2. The Morgan fingerprint density at radius 2 is 2.00 bits per heavy atom. The van der Waals surface area contributed by atoms with Crippen molar-refractivity contribution in [2.45, 2.75) is 38.4 Å². The molecule has 0 fully saturated rings. The molecule has 2 heterocycles. The highest BCUT2D eigenvalue weighted by Crippen LogP contribution is 2.32. The number of hydrogen-bond acceptors (Lipinski definition) is 7. The maximum Gasteiger partial charge on any atom is 0.338 e. The van der Waals surface area contributed by atoms with Crippen LogP contribution in [-0.2, 0) is 16.1 Å². The lowest BCUT2D eigenvalue weighted by Crippen LogP contribution is -2.23. The standard InChI is InChI=1S/C29H29N3O4S2/c1-4-6-15-36-28(35)21-8-7-9-22(16-21)30-24(33)18-38-29-31-26-25(27(34)32(29)14-5-2)23(17-37-26)20-12-10-19(3)11-13-20/h5,7-13,16-17H,2,4,6,14-15,18H2,1,3H3,(H,30,33). The number of carbonyl (C=O) groups excluding carboxylic acids is 2. The Bertz CT molecular complexity index is 1520. The second kappa shape index (κ2) is 12.7. The number of thiophene rings is 1. The molecule has 0 unspecified atom stereocenters. The Labute approximate surface area is 229 Å². The predicted octanol–water partition coefficient (Wildman–Crippen LogP) is 6.31. The topological polar surface area (TPSA) is 90.3 Å². The number of fused-ring (bicyclic) bond motifs is 1. The molecule has 9 heteroatoms. The molecule has 2 aromatic carbocycles. The molecule has 0 saturated heterocycles. The Balaban J connectivity index is 1.51. The van der Waals surface area contributed by atoms with Crippen LogP contribution < -0.4 is 10.9 Å². The molecule has 0 bridgehead atoms. The number of anilines is 1. The Kier molecular flexibility index (Phi) is 9.15. The Morgan fingerprint density at radius 1 is 1.21 bits per heavy atom. The predicted molar refractivity (Wildman–Crippen MR) is 155 cm³/mol. The molecule has 4 rings (SSSR count). The van der Waals surface area contributed by atoms with Crippen LogP contribution >= 0.6 is 23.1 Å². The maximum absolute atomic E-state index is 13.5. The summed E-state index contributed by atoms with van der Waals surface area (Å²) < 4.78 is 6.79. The summed E-state index contributed by atoms with van der Waals surface area (Å²) >= 11 is 2.59. The van der Waals surface area contributed by atoms with Crippen molar-refractivity contribution in [1.82, 2.24) is 9.55 Å². The minimum atomic E-state index is -0.421. The van der Waals surface area contributed by atoms with Crippen LogP contribution in [0.1, 0.15) is 35.7 Å². The molecule has 0 atom stereocenters. The van der Waals surface area contributed by atoms with Gasteiger partial charge in [-0.2, -0.15) is 0 Å². The largest absolute Gasteiger partial charge is 0.462 e. The van der Waals surface area contributed by atoms with Crippen molar-refractivity contribution in [2.24, 2.45) is 0 Å². The van der Waals surface area contributed by atoms with E-state index in [0.29, 0.717) is 33.2 Å². The normalized spacial score (nSPS) is 10.9. The van der Waals surface area contributed by atoms with Crippen molar-refractivity contribution in [2.75, 3.05) is 17.7 Å². The van der Waals surface area contributed by atoms with Crippen LogP contribution in [0.5, 0.6) is 0 Å². The van der Waals surface area contributed by atoms with Gasteiger partial charge in [0, 0.05) is 23.2 Å². The van der Waals surface area contributed by atoms with Crippen molar-refractivity contribution in [1.29, 1.82) is 0 Å². The maximum atomic E-state index is 13.5. The van der Waals surface area contributed by atoms with E-state index in [4.69, 9.17) is 9.72 Å². The second-order valence-corrected chi connectivity index (χ2v) is 10.5. The van der Waals surface area contributed by atoms with E-state index in [1.807, 2.05) is 43.5 Å². The summed E-state index contributed by atoms with van der Waals surface area (Å²) in [6.07, 6.45) is 3.38. The highest BCUT2D eigenvalue weighted by atomic mass is 32.2. The zero-order valence-corrected chi connectivity index (χ0v) is 23.0. The van der Waals surface area contributed by atoms with Crippen LogP contribution in [0.4, 0.5) is 5.69 Å². The Hall–Kier alpha value is -3.69. The number of rotatable bonds is 11. The quantitative estimate of drug-likeness (QED) is 0.0778. The number of ether oxygens (including phenoxy) is 1. The zero-order valence-electron chi connectivity index (χ0n) is 21.4. The van der Waals surface area contributed by atoms with Crippen LogP contribution in [0.2, 0.25) is 0 Å². The molecule has 196 valence electrons. The fourth-order valence-electron chi connectivity index (χ4n) is 3.80. The summed E-state index contributed by atoms with van der Waals surface area (Å²) in [4.78, 5) is 43.8. The van der Waals surface area contributed by atoms with Gasteiger partial charge < -0.3 is 10.1 Å². The average Bonchev–Trinajstić information content (AvgIpc) is 3.34. The molecule has 1 N–H and O–H groups in total. The first kappa shape index (κ1) is 27.3. The third kappa shape index (κ3) is 6.41. The highest BCUT2D eigenvalue weighted by molar-refractivity contribution is 7.99. The summed E-state index contributed by atoms with van der Waals surface area (Å²) in [5.74, 6) is -0.662. The van der Waals surface area contributed by atoms with Gasteiger partial charge in [0.15, 0.2) is 5.16 Å². The number of benzene rings is 2. The van der Waals surface area contributed by atoms with E-state index in [1.165, 1.54) is 23.1 Å². The number of carbonyl (C=O) groups is 2. The molecule has 38 heavy (non-hydrogen) atoms. The SMILES string of the molecule is C=CCn1c(SCC(=O)Nc2cccc(C(=O)OCCCC)c2)nc2scc(-c3ccc(C)cc3)c2c1=O. The number of aryl methyl sites for hydroxylation is 1. The lowest BCUT2D eigenvalue weighted by molar-refractivity contribution is -0.113. The van der Waals surface area contributed by atoms with Gasteiger partial charge >= 0.3 is 5.97 Å². The van der Waals surface area contributed by atoms with Crippen LogP contribution in [-0.4, -0.2) is 33.8 Å². The lowest BCUT2D eigenvalue weighted by atomic mass is 10.1. The van der Waals surface area contributed by atoms with E-state index in [9.17, 15) is 14.4 Å². The molecule has 2 aromatic heterocycles. The van der Waals surface area contributed by atoms with E-state index in [2.05, 4.69) is 11.9 Å². The number of amides is 1. The highest BCUT2D eigenvalue weighted by Gasteiger charge is 2.18. The number of esters is 1. The second-order valence-electron chi connectivity index (χ2n) is 8.70. The van der Waals surface area contributed by atoms with Gasteiger partial charge in [-0.1, -0.05) is 67.1 Å². The Morgan fingerprint density at radius 3 is 2.74 bits per heavy atom. The van der Waals surface area contributed by atoms with Gasteiger partial charge in [0.1, 0.15) is 4.83 Å². The number of thioether (sulfide) groups is 1. The number of allylic oxidation sites excluding steroid dienone is 1. The first-order chi connectivity index (χ1) is 18.4. The van der Waals surface area contributed by atoms with Gasteiger partial charge in [0.2, 0.25) is 5.91 Å². The molecule has 0 aliphatic rings. The van der Waals surface area contributed by atoms with Crippen molar-refractivity contribution in [3.63, 3.8) is 0 Å². The molecule has 7 nitrogen and oxygen atoms in total. The number of hydrogen-bond donors (Lipinski definition) is 1. The molecule has 0 saturated carbocycles. The van der Waals surface area contributed by atoms with Crippen LogP contribution in [0.15, 0.2) is 76.5 Å². The van der Waals surface area contributed by atoms with E-state index >= 15 is 0 Å². The minimum Gasteiger partial charge on any atom is -0.462 e. The molecule has 0 radical (unpaired) electrons. The van der Waals surface area contributed by atoms with Gasteiger partial charge in [0.05, 0.1) is 23.3 Å². The average molecular weight is 548 g/mol. The third-order valence-electron chi connectivity index (χ3n) is 5.78. The first-order valence-corrected chi connectivity index (χ1v) is 14.2. The fourth-order valence-corrected chi connectivity index (χ4v) is 5.59. The summed E-state index contributed by atoms with van der Waals surface area (Å²) in [7, 11) is 0. The lowest BCUT2D eigenvalue weighted by Gasteiger charge is -2.11. The molecule has 4 aromatic rings. The summed E-state index contributed by atoms with van der Waals surface area (Å²) in [6.45, 7) is 8.47. The van der Waals surface area contributed by atoms with Crippen molar-refractivity contribution < 1.29 is 14.3 Å². The minimum absolute atomic E-state index is 0.0382. The van der Waals surface area contributed by atoms with Crippen LogP contribution in [0, 0.1) is 6.92 Å². The van der Waals surface area contributed by atoms with E-state index in [1.54, 1.807) is 34.9 Å². The van der Waals surface area contributed by atoms with Gasteiger partial charge in [-0.05, 0) is 37.1 Å². The summed E-state index contributed by atoms with van der Waals surface area (Å²) in [5.41, 5.74) is 3.66. The number of nitrogens with one attached hydrogen (secondary N) is 1. The van der Waals surface area contributed by atoms with Crippen molar-refractivity contribution in [3.05, 3.63) is 88.0 Å². The molecule has 0 aliphatic heterocycles.